The van der Waals surface area contributed by atoms with Crippen LogP contribution in [0.4, 0.5) is 4.79 Å². The molecule has 0 spiro atoms. The van der Waals surface area contributed by atoms with E-state index in [-0.39, 0.29) is 6.09 Å². The van der Waals surface area contributed by atoms with Gasteiger partial charge in [0.05, 0.1) is 0 Å². The molecule has 0 aliphatic carbocycles. The summed E-state index contributed by atoms with van der Waals surface area (Å²) in [6, 6.07) is 0. The predicted molar refractivity (Wildman–Crippen MR) is 95.8 cm³/mol. The smallest absolute Gasteiger partial charge is 0.410 e. The molecule has 1 saturated heterocycles. The maximum absolute atomic E-state index is 12.4. The Morgan fingerprint density at radius 2 is 2.04 bits per heavy atom. The molecular formula is C18H37N3O2. The average molecular weight is 328 g/mol. The van der Waals surface area contributed by atoms with Crippen molar-refractivity contribution in [2.75, 3.05) is 45.8 Å². The normalized spacial score (nSPS) is 19.1. The van der Waals surface area contributed by atoms with Gasteiger partial charge in [-0.3, -0.25) is 0 Å². The Morgan fingerprint density at radius 1 is 1.30 bits per heavy atom. The molecule has 0 bridgehead atoms. The van der Waals surface area contributed by atoms with Crippen LogP contribution in [0.15, 0.2) is 0 Å². The molecule has 0 aromatic carbocycles. The highest BCUT2D eigenvalue weighted by atomic mass is 16.6. The molecule has 0 saturated carbocycles. The molecule has 1 aliphatic heterocycles. The molecule has 1 amide bonds. The third-order valence-electron chi connectivity index (χ3n) is 4.17. The van der Waals surface area contributed by atoms with E-state index in [1.54, 1.807) is 0 Å². The van der Waals surface area contributed by atoms with Gasteiger partial charge in [-0.05, 0) is 59.2 Å². The summed E-state index contributed by atoms with van der Waals surface area (Å²) in [7, 11) is 0. The number of hydrogen-bond donors (Lipinski definition) is 1. The summed E-state index contributed by atoms with van der Waals surface area (Å²) in [6.07, 6.45) is 3.21. The number of hydrogen-bond acceptors (Lipinski definition) is 4. The maximum Gasteiger partial charge on any atom is 0.410 e. The zero-order valence-electron chi connectivity index (χ0n) is 15.9. The lowest BCUT2D eigenvalue weighted by molar-refractivity contribution is 0.0233. The number of unbranched alkanes of at least 4 members (excludes halogenated alkanes) is 1. The topological polar surface area (TPSA) is 44.8 Å². The lowest BCUT2D eigenvalue weighted by Gasteiger charge is -2.29. The molecule has 136 valence electrons. The van der Waals surface area contributed by atoms with Gasteiger partial charge >= 0.3 is 6.09 Å². The fraction of sp³-hybridized carbons (Fsp3) is 0.944. The molecule has 1 rings (SSSR count). The van der Waals surface area contributed by atoms with Crippen molar-refractivity contribution in [1.82, 2.24) is 15.1 Å². The number of nitrogens with one attached hydrogen (secondary N) is 1. The average Bonchev–Trinajstić information content (AvgIpc) is 2.91. The molecule has 0 aromatic heterocycles. The second-order valence-electron chi connectivity index (χ2n) is 7.58. The van der Waals surface area contributed by atoms with Crippen molar-refractivity contribution in [3.05, 3.63) is 0 Å². The third kappa shape index (κ3) is 8.56. The zero-order chi connectivity index (χ0) is 17.3. The van der Waals surface area contributed by atoms with E-state index in [1.807, 2.05) is 25.7 Å². The summed E-state index contributed by atoms with van der Waals surface area (Å²) in [5.41, 5.74) is -0.424. The van der Waals surface area contributed by atoms with Crippen molar-refractivity contribution in [3.8, 4) is 0 Å². The van der Waals surface area contributed by atoms with Crippen LogP contribution in [0.5, 0.6) is 0 Å². The standard InChI is InChI=1S/C18H37N3O2/c1-6-8-10-21(17(22)23-18(3,4)5)13-12-20-11-9-16(15-20)14-19-7-2/h16,19H,6-15H2,1-5H3. The summed E-state index contributed by atoms with van der Waals surface area (Å²) >= 11 is 0. The molecule has 23 heavy (non-hydrogen) atoms. The van der Waals surface area contributed by atoms with Gasteiger partial charge in [0, 0.05) is 26.2 Å². The highest BCUT2D eigenvalue weighted by molar-refractivity contribution is 5.68. The first-order chi connectivity index (χ1) is 10.9. The lowest BCUT2D eigenvalue weighted by Crippen LogP contribution is -2.41. The molecule has 0 radical (unpaired) electrons. The second-order valence-corrected chi connectivity index (χ2v) is 7.58. The van der Waals surface area contributed by atoms with Crippen LogP contribution in [0.3, 0.4) is 0 Å². The fourth-order valence-electron chi connectivity index (χ4n) is 2.86. The monoisotopic (exact) mass is 327 g/mol. The van der Waals surface area contributed by atoms with Gasteiger partial charge in [-0.15, -0.1) is 0 Å². The van der Waals surface area contributed by atoms with Crippen LogP contribution in [0, 0.1) is 5.92 Å². The summed E-state index contributed by atoms with van der Waals surface area (Å²) in [6.45, 7) is 17.0. The molecule has 1 fully saturated rings. The van der Waals surface area contributed by atoms with E-state index in [0.717, 1.165) is 64.6 Å². The van der Waals surface area contributed by atoms with Crippen molar-refractivity contribution < 1.29 is 9.53 Å². The largest absolute Gasteiger partial charge is 0.444 e. The number of ether oxygens (including phenoxy) is 1. The van der Waals surface area contributed by atoms with Gasteiger partial charge in [0.1, 0.15) is 5.60 Å². The minimum Gasteiger partial charge on any atom is -0.444 e. The molecular weight excluding hydrogens is 290 g/mol. The minimum absolute atomic E-state index is 0.172. The van der Waals surface area contributed by atoms with Crippen LogP contribution < -0.4 is 5.32 Å². The number of likely N-dealkylation sites (tertiary alicyclic amines) is 1. The van der Waals surface area contributed by atoms with Crippen LogP contribution in [0.1, 0.15) is 53.9 Å². The van der Waals surface area contributed by atoms with Crippen LogP contribution >= 0.6 is 0 Å². The van der Waals surface area contributed by atoms with Crippen LogP contribution in [0.25, 0.3) is 0 Å². The van der Waals surface area contributed by atoms with E-state index < -0.39 is 5.60 Å². The van der Waals surface area contributed by atoms with Crippen LogP contribution in [-0.4, -0.2) is 67.3 Å². The van der Waals surface area contributed by atoms with Crippen LogP contribution in [-0.2, 0) is 4.74 Å². The van der Waals surface area contributed by atoms with Crippen molar-refractivity contribution in [1.29, 1.82) is 0 Å². The highest BCUT2D eigenvalue weighted by Crippen LogP contribution is 2.16. The van der Waals surface area contributed by atoms with E-state index in [1.165, 1.54) is 6.42 Å². The molecule has 5 heteroatoms. The summed E-state index contributed by atoms with van der Waals surface area (Å²) in [4.78, 5) is 16.7. The summed E-state index contributed by atoms with van der Waals surface area (Å²) < 4.78 is 5.54. The zero-order valence-corrected chi connectivity index (χ0v) is 15.9. The van der Waals surface area contributed by atoms with Gasteiger partial charge in [-0.25, -0.2) is 4.79 Å². The van der Waals surface area contributed by atoms with Crippen molar-refractivity contribution in [2.24, 2.45) is 5.92 Å². The molecule has 1 unspecified atom stereocenters. The Kier molecular flexibility index (Phi) is 8.92. The third-order valence-corrected chi connectivity index (χ3v) is 4.17. The molecule has 0 aromatic rings. The van der Waals surface area contributed by atoms with E-state index in [9.17, 15) is 4.79 Å². The number of amides is 1. The van der Waals surface area contributed by atoms with Crippen molar-refractivity contribution in [3.63, 3.8) is 0 Å². The van der Waals surface area contributed by atoms with Gasteiger partial charge < -0.3 is 19.9 Å². The molecule has 1 N–H and O–H groups in total. The number of rotatable bonds is 9. The highest BCUT2D eigenvalue weighted by Gasteiger charge is 2.25. The molecule has 1 heterocycles. The molecule has 5 nitrogen and oxygen atoms in total. The second kappa shape index (κ2) is 10.1. The van der Waals surface area contributed by atoms with Gasteiger partial charge in [0.25, 0.3) is 0 Å². The lowest BCUT2D eigenvalue weighted by atomic mass is 10.1. The van der Waals surface area contributed by atoms with Crippen molar-refractivity contribution in [2.45, 2.75) is 59.5 Å². The van der Waals surface area contributed by atoms with E-state index in [2.05, 4.69) is 24.1 Å². The Morgan fingerprint density at radius 3 is 2.65 bits per heavy atom. The van der Waals surface area contributed by atoms with E-state index >= 15 is 0 Å². The molecule has 1 aliphatic rings. The van der Waals surface area contributed by atoms with Crippen molar-refractivity contribution >= 4 is 6.09 Å². The minimum atomic E-state index is -0.424. The summed E-state index contributed by atoms with van der Waals surface area (Å²) in [5, 5.41) is 3.44. The first-order valence-electron chi connectivity index (χ1n) is 9.26. The molecule has 1 atom stereocenters. The van der Waals surface area contributed by atoms with E-state index in [4.69, 9.17) is 4.74 Å². The van der Waals surface area contributed by atoms with Gasteiger partial charge in [-0.2, -0.15) is 0 Å². The van der Waals surface area contributed by atoms with E-state index in [0.29, 0.717) is 0 Å². The van der Waals surface area contributed by atoms with Gasteiger partial charge in [-0.1, -0.05) is 20.3 Å². The SMILES string of the molecule is CCCCN(CCN1CCC(CNCC)C1)C(=O)OC(C)(C)C. The number of carbonyl (C=O) groups excluding carboxylic acids is 1. The quantitative estimate of drug-likeness (QED) is 0.707. The van der Waals surface area contributed by atoms with Gasteiger partial charge in [0.15, 0.2) is 0 Å². The maximum atomic E-state index is 12.4. The number of nitrogens with zero attached hydrogens (tertiary/aromatic N) is 2. The predicted octanol–water partition coefficient (Wildman–Crippen LogP) is 2.96. The summed E-state index contributed by atoms with van der Waals surface area (Å²) in [5.74, 6) is 0.751. The first kappa shape index (κ1) is 20.2. The Balaban J connectivity index is 2.40. The Hall–Kier alpha value is -0.810. The number of carbonyl (C=O) groups is 1. The Bertz CT molecular complexity index is 342. The van der Waals surface area contributed by atoms with Crippen LogP contribution in [0.2, 0.25) is 0 Å². The fourth-order valence-corrected chi connectivity index (χ4v) is 2.86. The first-order valence-corrected chi connectivity index (χ1v) is 9.26. The Labute approximate surface area is 142 Å². The van der Waals surface area contributed by atoms with Gasteiger partial charge in [0.2, 0.25) is 0 Å².